The van der Waals surface area contributed by atoms with Crippen LogP contribution in [0, 0.1) is 5.41 Å². The molecule has 0 aliphatic carbocycles. The number of rotatable bonds is 0. The minimum Gasteiger partial charge on any atom is -0.303 e. The van der Waals surface area contributed by atoms with Crippen molar-refractivity contribution in [3.63, 3.8) is 0 Å². The molecule has 0 amide bonds. The molecule has 0 aromatic carbocycles. The lowest BCUT2D eigenvalue weighted by atomic mass is 9.83. The number of alkyl halides is 1. The standard InChI is InChI=1S/C8H16FN/c1-8(2)4-7(9)5-10(3)6-8/h7H,4-6H2,1-3H3/t7-/m1/s1. The summed E-state index contributed by atoms with van der Waals surface area (Å²) in [5, 5.41) is 0. The quantitative estimate of drug-likeness (QED) is 0.501. The first-order chi connectivity index (χ1) is 4.49. The van der Waals surface area contributed by atoms with Gasteiger partial charge in [-0.2, -0.15) is 0 Å². The third kappa shape index (κ3) is 1.94. The Morgan fingerprint density at radius 1 is 1.50 bits per heavy atom. The second kappa shape index (κ2) is 2.50. The van der Waals surface area contributed by atoms with Crippen molar-refractivity contribution in [3.05, 3.63) is 0 Å². The summed E-state index contributed by atoms with van der Waals surface area (Å²) in [6, 6.07) is 0. The van der Waals surface area contributed by atoms with Gasteiger partial charge in [-0.05, 0) is 18.9 Å². The molecule has 0 saturated carbocycles. The number of piperidine rings is 1. The van der Waals surface area contributed by atoms with Gasteiger partial charge in [-0.1, -0.05) is 13.8 Å². The fourth-order valence-corrected chi connectivity index (χ4v) is 1.86. The van der Waals surface area contributed by atoms with Crippen molar-refractivity contribution in [1.82, 2.24) is 4.90 Å². The molecule has 1 aliphatic heterocycles. The summed E-state index contributed by atoms with van der Waals surface area (Å²) in [7, 11) is 1.98. The van der Waals surface area contributed by atoms with Crippen LogP contribution in [0.5, 0.6) is 0 Å². The van der Waals surface area contributed by atoms with Crippen LogP contribution >= 0.6 is 0 Å². The Morgan fingerprint density at radius 3 is 2.50 bits per heavy atom. The van der Waals surface area contributed by atoms with E-state index in [4.69, 9.17) is 0 Å². The molecule has 1 aliphatic rings. The van der Waals surface area contributed by atoms with E-state index in [-0.39, 0.29) is 5.41 Å². The van der Waals surface area contributed by atoms with Crippen LogP contribution in [0.2, 0.25) is 0 Å². The molecule has 1 fully saturated rings. The third-order valence-corrected chi connectivity index (χ3v) is 1.98. The van der Waals surface area contributed by atoms with Gasteiger partial charge in [0.2, 0.25) is 0 Å². The summed E-state index contributed by atoms with van der Waals surface area (Å²) >= 11 is 0. The monoisotopic (exact) mass is 145 g/mol. The highest BCUT2D eigenvalue weighted by molar-refractivity contribution is 4.83. The molecule has 0 bridgehead atoms. The first-order valence-corrected chi connectivity index (χ1v) is 3.82. The van der Waals surface area contributed by atoms with E-state index in [9.17, 15) is 4.39 Å². The van der Waals surface area contributed by atoms with E-state index >= 15 is 0 Å². The van der Waals surface area contributed by atoms with Gasteiger partial charge in [-0.25, -0.2) is 4.39 Å². The normalized spacial score (nSPS) is 34.2. The van der Waals surface area contributed by atoms with Crippen LogP contribution in [-0.2, 0) is 0 Å². The van der Waals surface area contributed by atoms with Gasteiger partial charge in [-0.15, -0.1) is 0 Å². The van der Waals surface area contributed by atoms with Crippen LogP contribution in [0.4, 0.5) is 4.39 Å². The Balaban J connectivity index is 2.51. The zero-order valence-corrected chi connectivity index (χ0v) is 7.02. The number of halogens is 1. The predicted octanol–water partition coefficient (Wildman–Crippen LogP) is 1.69. The molecule has 60 valence electrons. The van der Waals surface area contributed by atoms with Gasteiger partial charge in [0.15, 0.2) is 0 Å². The van der Waals surface area contributed by atoms with Gasteiger partial charge in [0, 0.05) is 13.1 Å². The van der Waals surface area contributed by atoms with Crippen molar-refractivity contribution >= 4 is 0 Å². The molecule has 2 heteroatoms. The highest BCUT2D eigenvalue weighted by Gasteiger charge is 2.30. The molecule has 0 aromatic heterocycles. The maximum atomic E-state index is 12.9. The molecule has 1 rings (SSSR count). The molecule has 1 saturated heterocycles. The maximum absolute atomic E-state index is 12.9. The molecule has 0 radical (unpaired) electrons. The summed E-state index contributed by atoms with van der Waals surface area (Å²) in [4.78, 5) is 2.06. The lowest BCUT2D eigenvalue weighted by Crippen LogP contribution is -2.43. The van der Waals surface area contributed by atoms with Gasteiger partial charge in [0.1, 0.15) is 6.17 Å². The van der Waals surface area contributed by atoms with E-state index in [0.29, 0.717) is 6.54 Å². The van der Waals surface area contributed by atoms with E-state index < -0.39 is 6.17 Å². The molecule has 0 unspecified atom stereocenters. The van der Waals surface area contributed by atoms with Crippen LogP contribution < -0.4 is 0 Å². The van der Waals surface area contributed by atoms with Crippen LogP contribution in [0.3, 0.4) is 0 Å². The molecule has 1 nitrogen and oxygen atoms in total. The van der Waals surface area contributed by atoms with Gasteiger partial charge >= 0.3 is 0 Å². The second-order valence-corrected chi connectivity index (χ2v) is 4.16. The van der Waals surface area contributed by atoms with Crippen molar-refractivity contribution < 1.29 is 4.39 Å². The lowest BCUT2D eigenvalue weighted by Gasteiger charge is -2.37. The Hall–Kier alpha value is -0.110. The first kappa shape index (κ1) is 7.99. The highest BCUT2D eigenvalue weighted by atomic mass is 19.1. The predicted molar refractivity (Wildman–Crippen MR) is 40.8 cm³/mol. The number of nitrogens with zero attached hydrogens (tertiary/aromatic N) is 1. The average Bonchev–Trinajstić information content (AvgIpc) is 1.54. The zero-order chi connectivity index (χ0) is 7.78. The van der Waals surface area contributed by atoms with E-state index in [2.05, 4.69) is 18.7 Å². The summed E-state index contributed by atoms with van der Waals surface area (Å²) in [5.74, 6) is 0. The topological polar surface area (TPSA) is 3.24 Å². The maximum Gasteiger partial charge on any atom is 0.113 e. The van der Waals surface area contributed by atoms with Crippen LogP contribution in [0.1, 0.15) is 20.3 Å². The number of hydrogen-bond donors (Lipinski definition) is 0. The Labute approximate surface area is 62.2 Å². The van der Waals surface area contributed by atoms with Crippen molar-refractivity contribution in [1.29, 1.82) is 0 Å². The Morgan fingerprint density at radius 2 is 2.10 bits per heavy atom. The molecule has 0 aromatic rings. The van der Waals surface area contributed by atoms with Gasteiger partial charge in [0.05, 0.1) is 0 Å². The van der Waals surface area contributed by atoms with Crippen LogP contribution in [-0.4, -0.2) is 31.2 Å². The smallest absolute Gasteiger partial charge is 0.113 e. The Kier molecular flexibility index (Phi) is 1.99. The summed E-state index contributed by atoms with van der Waals surface area (Å²) < 4.78 is 12.9. The molecule has 10 heavy (non-hydrogen) atoms. The fraction of sp³-hybridized carbons (Fsp3) is 1.00. The second-order valence-electron chi connectivity index (χ2n) is 4.16. The minimum absolute atomic E-state index is 0.173. The van der Waals surface area contributed by atoms with Crippen molar-refractivity contribution in [2.24, 2.45) is 5.41 Å². The third-order valence-electron chi connectivity index (χ3n) is 1.98. The molecule has 1 heterocycles. The summed E-state index contributed by atoms with van der Waals surface area (Å²) in [6.45, 7) is 5.88. The summed E-state index contributed by atoms with van der Waals surface area (Å²) in [5.41, 5.74) is 0.173. The van der Waals surface area contributed by atoms with Gasteiger partial charge in [-0.3, -0.25) is 0 Å². The first-order valence-electron chi connectivity index (χ1n) is 3.82. The number of hydrogen-bond acceptors (Lipinski definition) is 1. The van der Waals surface area contributed by atoms with Crippen molar-refractivity contribution in [2.45, 2.75) is 26.4 Å². The van der Waals surface area contributed by atoms with Crippen LogP contribution in [0.25, 0.3) is 0 Å². The highest BCUT2D eigenvalue weighted by Crippen LogP contribution is 2.29. The Bertz CT molecular complexity index is 110. The average molecular weight is 145 g/mol. The largest absolute Gasteiger partial charge is 0.303 e. The zero-order valence-electron chi connectivity index (χ0n) is 7.02. The summed E-state index contributed by atoms with van der Waals surface area (Å²) in [6.07, 6.45) is 0.103. The molecular weight excluding hydrogens is 129 g/mol. The molecule has 1 atom stereocenters. The van der Waals surface area contributed by atoms with Crippen molar-refractivity contribution in [2.75, 3.05) is 20.1 Å². The van der Waals surface area contributed by atoms with Gasteiger partial charge in [0.25, 0.3) is 0 Å². The molecule has 0 spiro atoms. The van der Waals surface area contributed by atoms with E-state index in [1.54, 1.807) is 0 Å². The van der Waals surface area contributed by atoms with Crippen molar-refractivity contribution in [3.8, 4) is 0 Å². The SMILES string of the molecule is CN1C[C@H](F)CC(C)(C)C1. The van der Waals surface area contributed by atoms with E-state index in [0.717, 1.165) is 13.0 Å². The number of likely N-dealkylation sites (tertiary alicyclic amines) is 1. The molecule has 0 N–H and O–H groups in total. The van der Waals surface area contributed by atoms with Gasteiger partial charge < -0.3 is 4.90 Å². The van der Waals surface area contributed by atoms with E-state index in [1.807, 2.05) is 7.05 Å². The van der Waals surface area contributed by atoms with Crippen LogP contribution in [0.15, 0.2) is 0 Å². The minimum atomic E-state index is -0.617. The fourth-order valence-electron chi connectivity index (χ4n) is 1.86. The lowest BCUT2D eigenvalue weighted by molar-refractivity contribution is 0.0693. The molecular formula is C8H16FN. The van der Waals surface area contributed by atoms with E-state index in [1.165, 1.54) is 0 Å².